The molecule has 0 amide bonds. The number of aryl methyl sites for hydroxylation is 2. The maximum Gasteiger partial charge on any atom is 0.404 e. The Morgan fingerprint density at radius 1 is 0.920 bits per heavy atom. The summed E-state index contributed by atoms with van der Waals surface area (Å²) in [5, 5.41) is 2.54. The van der Waals surface area contributed by atoms with Crippen LogP contribution in [0.15, 0.2) is 54.7 Å². The summed E-state index contributed by atoms with van der Waals surface area (Å²) in [4.78, 5) is 5.05. The van der Waals surface area contributed by atoms with Crippen molar-refractivity contribution in [2.24, 2.45) is 7.05 Å². The first-order chi connectivity index (χ1) is 11.9. The highest BCUT2D eigenvalue weighted by Crippen LogP contribution is 2.32. The SMILES string of the molecule is Cc1cccc2c3ccccc3n(-c3nc(C(C)(C)C)cc[n+]3C)c12. The number of aromatic nitrogens is 3. The molecule has 0 fully saturated rings. The van der Waals surface area contributed by atoms with Crippen LogP contribution in [0.5, 0.6) is 0 Å². The van der Waals surface area contributed by atoms with Gasteiger partial charge in [-0.05, 0) is 18.6 Å². The average Bonchev–Trinajstić information content (AvgIpc) is 2.90. The van der Waals surface area contributed by atoms with E-state index in [2.05, 4.69) is 98.6 Å². The van der Waals surface area contributed by atoms with E-state index in [0.29, 0.717) is 0 Å². The molecule has 2 heterocycles. The van der Waals surface area contributed by atoms with Gasteiger partial charge < -0.3 is 0 Å². The van der Waals surface area contributed by atoms with Crippen molar-refractivity contribution in [2.75, 3.05) is 0 Å². The maximum absolute atomic E-state index is 5.05. The second-order valence-corrected chi connectivity index (χ2v) is 7.80. The molecular formula is C22H24N3+. The van der Waals surface area contributed by atoms with E-state index >= 15 is 0 Å². The number of hydrogen-bond acceptors (Lipinski definition) is 1. The molecule has 0 radical (unpaired) electrons. The Kier molecular flexibility index (Phi) is 3.43. The van der Waals surface area contributed by atoms with Gasteiger partial charge in [-0.25, -0.2) is 4.57 Å². The van der Waals surface area contributed by atoms with Crippen LogP contribution in [0.3, 0.4) is 0 Å². The molecule has 126 valence electrons. The lowest BCUT2D eigenvalue weighted by molar-refractivity contribution is -0.668. The van der Waals surface area contributed by atoms with Crippen molar-refractivity contribution in [3.05, 3.63) is 66.0 Å². The molecule has 0 aliphatic carbocycles. The molecular weight excluding hydrogens is 306 g/mol. The van der Waals surface area contributed by atoms with Crippen LogP contribution in [0.2, 0.25) is 0 Å². The van der Waals surface area contributed by atoms with Crippen LogP contribution in [0, 0.1) is 6.92 Å². The summed E-state index contributed by atoms with van der Waals surface area (Å²) in [7, 11) is 2.06. The van der Waals surface area contributed by atoms with Gasteiger partial charge in [0, 0.05) is 22.3 Å². The van der Waals surface area contributed by atoms with Crippen LogP contribution in [0.1, 0.15) is 32.0 Å². The number of hydrogen-bond donors (Lipinski definition) is 0. The standard InChI is InChI=1S/C22H24N3/c1-15-9-8-11-17-16-10-6-7-12-18(16)25(20(15)17)21-23-19(22(2,3)4)13-14-24(21)5/h6-14H,1-5H3/q+1. The van der Waals surface area contributed by atoms with Crippen LogP contribution in [0.4, 0.5) is 0 Å². The van der Waals surface area contributed by atoms with E-state index in [1.165, 1.54) is 27.4 Å². The first kappa shape index (κ1) is 15.8. The summed E-state index contributed by atoms with van der Waals surface area (Å²) in [5.74, 6) is 0.952. The summed E-state index contributed by atoms with van der Waals surface area (Å²) in [6, 6.07) is 17.2. The van der Waals surface area contributed by atoms with E-state index in [1.807, 2.05) is 0 Å². The fraction of sp³-hybridized carbons (Fsp3) is 0.273. The molecule has 0 aliphatic heterocycles. The minimum Gasteiger partial charge on any atom is -0.238 e. The highest BCUT2D eigenvalue weighted by molar-refractivity contribution is 6.09. The molecule has 2 aromatic carbocycles. The molecule has 0 saturated carbocycles. The number of nitrogens with zero attached hydrogens (tertiary/aromatic N) is 3. The number of para-hydroxylation sites is 2. The first-order valence-electron chi connectivity index (χ1n) is 8.74. The van der Waals surface area contributed by atoms with Gasteiger partial charge in [-0.2, -0.15) is 4.57 Å². The molecule has 2 aromatic heterocycles. The van der Waals surface area contributed by atoms with Crippen molar-refractivity contribution in [1.82, 2.24) is 9.55 Å². The van der Waals surface area contributed by atoms with Crippen LogP contribution in [-0.4, -0.2) is 9.55 Å². The predicted molar refractivity (Wildman–Crippen MR) is 103 cm³/mol. The van der Waals surface area contributed by atoms with Crippen molar-refractivity contribution in [3.8, 4) is 5.95 Å². The Balaban J connectivity index is 2.17. The van der Waals surface area contributed by atoms with Gasteiger partial charge in [0.15, 0.2) is 0 Å². The van der Waals surface area contributed by atoms with E-state index < -0.39 is 0 Å². The molecule has 0 saturated heterocycles. The van der Waals surface area contributed by atoms with Crippen LogP contribution in [0.25, 0.3) is 27.8 Å². The topological polar surface area (TPSA) is 21.7 Å². The molecule has 4 rings (SSSR count). The zero-order valence-electron chi connectivity index (χ0n) is 15.5. The van der Waals surface area contributed by atoms with Crippen molar-refractivity contribution in [2.45, 2.75) is 33.1 Å². The minimum atomic E-state index is 0.0107. The normalized spacial score (nSPS) is 12.2. The Morgan fingerprint density at radius 3 is 2.40 bits per heavy atom. The first-order valence-corrected chi connectivity index (χ1v) is 8.74. The summed E-state index contributed by atoms with van der Waals surface area (Å²) in [5.41, 5.74) is 4.80. The van der Waals surface area contributed by atoms with Gasteiger partial charge in [0.1, 0.15) is 16.7 Å². The Hall–Kier alpha value is -2.68. The molecule has 3 heteroatoms. The molecule has 0 bridgehead atoms. The molecule has 0 aliphatic rings. The largest absolute Gasteiger partial charge is 0.404 e. The van der Waals surface area contributed by atoms with Crippen LogP contribution < -0.4 is 4.57 Å². The zero-order valence-corrected chi connectivity index (χ0v) is 15.5. The lowest BCUT2D eigenvalue weighted by Gasteiger charge is -2.15. The molecule has 0 atom stereocenters. The second-order valence-electron chi connectivity index (χ2n) is 7.80. The zero-order chi connectivity index (χ0) is 17.8. The highest BCUT2D eigenvalue weighted by Gasteiger charge is 2.26. The third-order valence-corrected chi connectivity index (χ3v) is 4.86. The monoisotopic (exact) mass is 330 g/mol. The quantitative estimate of drug-likeness (QED) is 0.467. The third-order valence-electron chi connectivity index (χ3n) is 4.86. The molecule has 4 aromatic rings. The van der Waals surface area contributed by atoms with Crippen molar-refractivity contribution in [1.29, 1.82) is 0 Å². The van der Waals surface area contributed by atoms with Gasteiger partial charge in [0.2, 0.25) is 0 Å². The molecule has 0 unspecified atom stereocenters. The van der Waals surface area contributed by atoms with Crippen LogP contribution >= 0.6 is 0 Å². The molecule has 0 N–H and O–H groups in total. The van der Waals surface area contributed by atoms with Gasteiger partial charge in [-0.1, -0.05) is 62.2 Å². The summed E-state index contributed by atoms with van der Waals surface area (Å²) >= 11 is 0. The summed E-state index contributed by atoms with van der Waals surface area (Å²) in [6.45, 7) is 8.79. The van der Waals surface area contributed by atoms with Crippen molar-refractivity contribution < 1.29 is 4.57 Å². The predicted octanol–water partition coefficient (Wildman–Crippen LogP) is 4.61. The average molecular weight is 330 g/mol. The summed E-state index contributed by atoms with van der Waals surface area (Å²) in [6.07, 6.45) is 2.11. The maximum atomic E-state index is 5.05. The van der Waals surface area contributed by atoms with Crippen LogP contribution in [-0.2, 0) is 12.5 Å². The molecule has 3 nitrogen and oxygen atoms in total. The van der Waals surface area contributed by atoms with E-state index in [4.69, 9.17) is 4.98 Å². The van der Waals surface area contributed by atoms with Gasteiger partial charge in [0.05, 0.1) is 13.2 Å². The Bertz CT molecular complexity index is 1100. The van der Waals surface area contributed by atoms with Gasteiger partial charge in [0.25, 0.3) is 0 Å². The second kappa shape index (κ2) is 5.41. The Labute approximate surface area is 148 Å². The number of fused-ring (bicyclic) bond motifs is 3. The third kappa shape index (κ3) is 2.42. The Morgan fingerprint density at radius 2 is 1.64 bits per heavy atom. The number of rotatable bonds is 1. The molecule has 0 spiro atoms. The fourth-order valence-corrected chi connectivity index (χ4v) is 3.50. The summed E-state index contributed by atoms with van der Waals surface area (Å²) < 4.78 is 4.41. The smallest absolute Gasteiger partial charge is 0.238 e. The fourth-order valence-electron chi connectivity index (χ4n) is 3.50. The van der Waals surface area contributed by atoms with Gasteiger partial charge >= 0.3 is 5.95 Å². The van der Waals surface area contributed by atoms with Crippen molar-refractivity contribution >= 4 is 21.8 Å². The number of benzene rings is 2. The lowest BCUT2D eigenvalue weighted by Crippen LogP contribution is -2.36. The van der Waals surface area contributed by atoms with Gasteiger partial charge in [-0.15, -0.1) is 0 Å². The van der Waals surface area contributed by atoms with Gasteiger partial charge in [-0.3, -0.25) is 0 Å². The van der Waals surface area contributed by atoms with E-state index in [0.717, 1.165) is 11.6 Å². The minimum absolute atomic E-state index is 0.0107. The lowest BCUT2D eigenvalue weighted by atomic mass is 9.92. The van der Waals surface area contributed by atoms with E-state index in [9.17, 15) is 0 Å². The van der Waals surface area contributed by atoms with E-state index in [1.54, 1.807) is 0 Å². The van der Waals surface area contributed by atoms with E-state index in [-0.39, 0.29) is 5.41 Å². The molecule has 25 heavy (non-hydrogen) atoms. The highest BCUT2D eigenvalue weighted by atomic mass is 15.2. The van der Waals surface area contributed by atoms with Crippen molar-refractivity contribution in [3.63, 3.8) is 0 Å².